The molecule has 24 heavy (non-hydrogen) atoms. The van der Waals surface area contributed by atoms with Crippen LogP contribution in [0.4, 0.5) is 0 Å². The minimum absolute atomic E-state index is 0.526. The molecule has 0 radical (unpaired) electrons. The highest BCUT2D eigenvalue weighted by Gasteiger charge is 2.12. The fourth-order valence-electron chi connectivity index (χ4n) is 2.75. The second-order valence-corrected chi connectivity index (χ2v) is 7.20. The highest BCUT2D eigenvalue weighted by atomic mass is 32.2. The number of aryl methyl sites for hydroxylation is 1. The molecule has 0 aliphatic rings. The average molecular weight is 340 g/mol. The third kappa shape index (κ3) is 3.82. The Bertz CT molecular complexity index is 808. The maximum absolute atomic E-state index is 5.36. The number of fused-ring (bicyclic) bond motifs is 1. The molecule has 0 N–H and O–H groups in total. The summed E-state index contributed by atoms with van der Waals surface area (Å²) in [6, 6.07) is 15.2. The van der Waals surface area contributed by atoms with Crippen LogP contribution in [0.5, 0.6) is 0 Å². The summed E-state index contributed by atoms with van der Waals surface area (Å²) >= 11 is 1.90. The van der Waals surface area contributed by atoms with Crippen LogP contribution >= 0.6 is 11.8 Å². The molecule has 3 rings (SSSR count). The number of nitrogens with zero attached hydrogens (tertiary/aromatic N) is 2. The molecule has 0 bridgehead atoms. The number of hydrogen-bond acceptors (Lipinski definition) is 3. The molecule has 126 valence electrons. The van der Waals surface area contributed by atoms with Crippen molar-refractivity contribution < 1.29 is 4.74 Å². The van der Waals surface area contributed by atoms with Gasteiger partial charge in [-0.1, -0.05) is 36.8 Å². The summed E-state index contributed by atoms with van der Waals surface area (Å²) in [6.07, 6.45) is 1.18. The lowest BCUT2D eigenvalue weighted by atomic mass is 10.1. The van der Waals surface area contributed by atoms with Crippen molar-refractivity contribution >= 4 is 22.8 Å². The molecule has 0 unspecified atom stereocenters. The van der Waals surface area contributed by atoms with Crippen molar-refractivity contribution in [1.29, 1.82) is 0 Å². The molecule has 0 fully saturated rings. The van der Waals surface area contributed by atoms with Crippen LogP contribution in [-0.4, -0.2) is 22.4 Å². The van der Waals surface area contributed by atoms with Crippen molar-refractivity contribution in [3.63, 3.8) is 0 Å². The van der Waals surface area contributed by atoms with E-state index in [1.165, 1.54) is 28.0 Å². The van der Waals surface area contributed by atoms with Gasteiger partial charge in [-0.2, -0.15) is 0 Å². The Morgan fingerprint density at radius 1 is 1.12 bits per heavy atom. The maximum atomic E-state index is 5.36. The van der Waals surface area contributed by atoms with Crippen LogP contribution in [0.15, 0.2) is 47.4 Å². The first-order valence-corrected chi connectivity index (χ1v) is 9.36. The fourth-order valence-corrected chi connectivity index (χ4v) is 3.55. The number of thioether (sulfide) groups is 1. The van der Waals surface area contributed by atoms with Gasteiger partial charge in [-0.25, -0.2) is 4.98 Å². The molecule has 0 amide bonds. The first-order valence-electron chi connectivity index (χ1n) is 8.37. The van der Waals surface area contributed by atoms with Crippen molar-refractivity contribution in [3.05, 3.63) is 59.4 Å². The average Bonchev–Trinajstić information content (AvgIpc) is 2.92. The van der Waals surface area contributed by atoms with E-state index in [4.69, 9.17) is 9.72 Å². The van der Waals surface area contributed by atoms with Gasteiger partial charge in [-0.3, -0.25) is 0 Å². The Kier molecular flexibility index (Phi) is 5.59. The highest BCUT2D eigenvalue weighted by molar-refractivity contribution is 7.99. The Morgan fingerprint density at radius 2 is 1.92 bits per heavy atom. The lowest BCUT2D eigenvalue weighted by Crippen LogP contribution is -2.06. The fraction of sp³-hybridized carbons (Fsp3) is 0.350. The van der Waals surface area contributed by atoms with E-state index in [1.807, 2.05) is 11.8 Å². The molecule has 0 spiro atoms. The number of methoxy groups -OCH3 is 1. The van der Waals surface area contributed by atoms with E-state index >= 15 is 0 Å². The molecule has 4 heteroatoms. The first kappa shape index (κ1) is 17.1. The van der Waals surface area contributed by atoms with Crippen LogP contribution in [0.25, 0.3) is 11.0 Å². The Balaban J connectivity index is 2.00. The zero-order chi connectivity index (χ0) is 16.9. The topological polar surface area (TPSA) is 27.1 Å². The van der Waals surface area contributed by atoms with Crippen molar-refractivity contribution in [3.8, 4) is 0 Å². The van der Waals surface area contributed by atoms with Gasteiger partial charge in [-0.15, -0.1) is 11.8 Å². The van der Waals surface area contributed by atoms with Crippen molar-refractivity contribution in [2.75, 3.05) is 12.9 Å². The largest absolute Gasteiger partial charge is 0.377 e. The van der Waals surface area contributed by atoms with Gasteiger partial charge in [0.2, 0.25) is 0 Å². The van der Waals surface area contributed by atoms with Gasteiger partial charge in [0.1, 0.15) is 12.4 Å². The molecule has 3 aromatic rings. The molecule has 0 atom stereocenters. The van der Waals surface area contributed by atoms with Crippen LogP contribution in [0.2, 0.25) is 0 Å². The quantitative estimate of drug-likeness (QED) is 0.564. The van der Waals surface area contributed by atoms with E-state index in [0.29, 0.717) is 6.61 Å². The number of imidazole rings is 1. The second kappa shape index (κ2) is 7.86. The van der Waals surface area contributed by atoms with E-state index in [0.717, 1.165) is 23.6 Å². The van der Waals surface area contributed by atoms with Gasteiger partial charge in [0.15, 0.2) is 0 Å². The number of aromatic nitrogens is 2. The van der Waals surface area contributed by atoms with Crippen LogP contribution in [-0.2, 0) is 17.9 Å². The molecule has 3 nitrogen and oxygen atoms in total. The number of ether oxygens (including phenoxy) is 1. The summed E-state index contributed by atoms with van der Waals surface area (Å²) in [5, 5.41) is 0. The molecular weight excluding hydrogens is 316 g/mol. The number of rotatable bonds is 7. The van der Waals surface area contributed by atoms with Crippen molar-refractivity contribution in [2.45, 2.75) is 38.3 Å². The maximum Gasteiger partial charge on any atom is 0.136 e. The third-order valence-electron chi connectivity index (χ3n) is 4.01. The van der Waals surface area contributed by atoms with Gasteiger partial charge < -0.3 is 9.30 Å². The van der Waals surface area contributed by atoms with Crippen LogP contribution < -0.4 is 0 Å². The van der Waals surface area contributed by atoms with E-state index in [-0.39, 0.29) is 0 Å². The summed E-state index contributed by atoms with van der Waals surface area (Å²) in [6.45, 7) is 5.67. The molecular formula is C20H24N2OS. The minimum Gasteiger partial charge on any atom is -0.377 e. The first-order chi connectivity index (χ1) is 11.7. The summed E-state index contributed by atoms with van der Waals surface area (Å²) in [7, 11) is 1.72. The molecule has 1 heterocycles. The Labute approximate surface area is 148 Å². The van der Waals surface area contributed by atoms with Gasteiger partial charge in [0.25, 0.3) is 0 Å². The second-order valence-electron chi connectivity index (χ2n) is 6.03. The molecule has 0 saturated heterocycles. The standard InChI is InChI=1S/C20H24N2OS/c1-4-11-24-17-9-10-18-19(12-17)22(20(21-18)14-23-3)13-16-7-5-15(2)6-8-16/h5-10,12H,4,11,13-14H2,1-3H3. The zero-order valence-corrected chi connectivity index (χ0v) is 15.4. The SMILES string of the molecule is CCCSc1ccc2nc(COC)n(Cc3ccc(C)cc3)c2c1. The van der Waals surface area contributed by atoms with Crippen LogP contribution in [0.1, 0.15) is 30.3 Å². The monoisotopic (exact) mass is 340 g/mol. The van der Waals surface area contributed by atoms with E-state index in [9.17, 15) is 0 Å². The van der Waals surface area contributed by atoms with Gasteiger partial charge >= 0.3 is 0 Å². The summed E-state index contributed by atoms with van der Waals surface area (Å²) in [5.74, 6) is 2.12. The summed E-state index contributed by atoms with van der Waals surface area (Å²) in [5.41, 5.74) is 4.78. The molecule has 1 aromatic heterocycles. The van der Waals surface area contributed by atoms with Gasteiger partial charge in [0, 0.05) is 18.6 Å². The minimum atomic E-state index is 0.526. The highest BCUT2D eigenvalue weighted by Crippen LogP contribution is 2.26. The Morgan fingerprint density at radius 3 is 2.62 bits per heavy atom. The van der Waals surface area contributed by atoms with Crippen LogP contribution in [0.3, 0.4) is 0 Å². The van der Waals surface area contributed by atoms with E-state index < -0.39 is 0 Å². The van der Waals surface area contributed by atoms with Crippen molar-refractivity contribution in [1.82, 2.24) is 9.55 Å². The lowest BCUT2D eigenvalue weighted by Gasteiger charge is -2.10. The molecule has 0 aliphatic carbocycles. The normalized spacial score (nSPS) is 11.3. The predicted molar refractivity (Wildman–Crippen MR) is 102 cm³/mol. The predicted octanol–water partition coefficient (Wildman–Crippen LogP) is 5.04. The number of hydrogen-bond donors (Lipinski definition) is 0. The molecule has 0 aliphatic heterocycles. The molecule has 2 aromatic carbocycles. The van der Waals surface area contributed by atoms with Crippen LogP contribution in [0, 0.1) is 6.92 Å². The Hall–Kier alpha value is -1.78. The van der Waals surface area contributed by atoms with Gasteiger partial charge in [-0.05, 0) is 42.9 Å². The smallest absolute Gasteiger partial charge is 0.136 e. The molecule has 0 saturated carbocycles. The number of benzene rings is 2. The third-order valence-corrected chi connectivity index (χ3v) is 5.21. The van der Waals surface area contributed by atoms with Crippen molar-refractivity contribution in [2.24, 2.45) is 0 Å². The van der Waals surface area contributed by atoms with E-state index in [1.54, 1.807) is 7.11 Å². The van der Waals surface area contributed by atoms with E-state index in [2.05, 4.69) is 60.9 Å². The summed E-state index contributed by atoms with van der Waals surface area (Å²) in [4.78, 5) is 6.07. The zero-order valence-electron chi connectivity index (χ0n) is 14.6. The summed E-state index contributed by atoms with van der Waals surface area (Å²) < 4.78 is 7.64. The lowest BCUT2D eigenvalue weighted by molar-refractivity contribution is 0.175. The van der Waals surface area contributed by atoms with Gasteiger partial charge in [0.05, 0.1) is 11.0 Å².